The number of aryl methyl sites for hydroxylation is 1. The minimum atomic E-state index is 0. The van der Waals surface area contributed by atoms with E-state index in [9.17, 15) is 0 Å². The first kappa shape index (κ1) is 23.8. The highest BCUT2D eigenvalue weighted by Crippen LogP contribution is 2.11. The summed E-state index contributed by atoms with van der Waals surface area (Å²) < 4.78 is 0. The number of nitrogens with zero attached hydrogens (tertiary/aromatic N) is 3. The highest BCUT2D eigenvalue weighted by Gasteiger charge is 2.02. The van der Waals surface area contributed by atoms with Crippen LogP contribution in [0.2, 0.25) is 0 Å². The molecule has 1 aromatic carbocycles. The molecule has 0 aliphatic heterocycles. The van der Waals surface area contributed by atoms with E-state index in [1.165, 1.54) is 21.0 Å². The van der Waals surface area contributed by atoms with Crippen molar-refractivity contribution in [3.05, 3.63) is 51.5 Å². The summed E-state index contributed by atoms with van der Waals surface area (Å²) in [5, 5.41) is 7.88. The van der Waals surface area contributed by atoms with Crippen LogP contribution in [0.25, 0.3) is 0 Å². The van der Waals surface area contributed by atoms with Crippen LogP contribution >= 0.6 is 35.3 Å². The summed E-state index contributed by atoms with van der Waals surface area (Å²) in [5.74, 6) is 0.858. The Balaban J connectivity index is 0.00000364. The van der Waals surface area contributed by atoms with Gasteiger partial charge in [-0.15, -0.1) is 35.3 Å². The minimum Gasteiger partial charge on any atom is -0.357 e. The van der Waals surface area contributed by atoms with Crippen LogP contribution in [0, 0.1) is 6.92 Å². The fraction of sp³-hybridized carbons (Fsp3) is 0.500. The standard InChI is InChI=1S/C20H31N5S.HI/c1-5-21-20(22-11-10-19-23-13-16(3)26-19)24-14-17-8-7-9-18(12-17)15-25(4)6-2;/h7-9,12-13H,5-6,10-11,14-15H2,1-4H3,(H2,21,22,24);1H. The lowest BCUT2D eigenvalue weighted by Gasteiger charge is -2.14. The Morgan fingerprint density at radius 3 is 2.67 bits per heavy atom. The molecule has 7 heteroatoms. The minimum absolute atomic E-state index is 0. The van der Waals surface area contributed by atoms with E-state index in [1.54, 1.807) is 11.3 Å². The zero-order chi connectivity index (χ0) is 18.8. The summed E-state index contributed by atoms with van der Waals surface area (Å²) in [4.78, 5) is 12.7. The fourth-order valence-electron chi connectivity index (χ4n) is 2.57. The maximum absolute atomic E-state index is 4.72. The van der Waals surface area contributed by atoms with E-state index in [0.29, 0.717) is 6.54 Å². The number of aromatic nitrogens is 1. The van der Waals surface area contributed by atoms with E-state index in [-0.39, 0.29) is 24.0 Å². The molecule has 0 bridgehead atoms. The van der Waals surface area contributed by atoms with Gasteiger partial charge in [-0.25, -0.2) is 9.98 Å². The van der Waals surface area contributed by atoms with Crippen molar-refractivity contribution >= 4 is 41.3 Å². The molecule has 0 atom stereocenters. The van der Waals surface area contributed by atoms with E-state index in [4.69, 9.17) is 4.99 Å². The van der Waals surface area contributed by atoms with Crippen LogP contribution in [-0.2, 0) is 19.5 Å². The van der Waals surface area contributed by atoms with Crippen molar-refractivity contribution in [2.45, 2.75) is 40.3 Å². The third kappa shape index (κ3) is 9.03. The fourth-order valence-corrected chi connectivity index (χ4v) is 3.35. The van der Waals surface area contributed by atoms with Gasteiger partial charge in [-0.2, -0.15) is 0 Å². The quantitative estimate of drug-likeness (QED) is 0.312. The lowest BCUT2D eigenvalue weighted by Crippen LogP contribution is -2.38. The molecule has 2 aromatic rings. The SMILES string of the molecule is CCNC(=NCc1cccc(CN(C)CC)c1)NCCc1ncc(C)s1.I. The molecule has 0 amide bonds. The molecule has 1 aromatic heterocycles. The molecule has 2 N–H and O–H groups in total. The Hall–Kier alpha value is -1.19. The number of thiazole rings is 1. The van der Waals surface area contributed by atoms with Crippen molar-refractivity contribution in [2.75, 3.05) is 26.7 Å². The summed E-state index contributed by atoms with van der Waals surface area (Å²) in [5.41, 5.74) is 2.57. The molecule has 150 valence electrons. The molecule has 5 nitrogen and oxygen atoms in total. The zero-order valence-electron chi connectivity index (χ0n) is 16.8. The van der Waals surface area contributed by atoms with Crippen molar-refractivity contribution in [3.8, 4) is 0 Å². The van der Waals surface area contributed by atoms with Crippen LogP contribution in [-0.4, -0.2) is 42.5 Å². The molecule has 1 heterocycles. The maximum Gasteiger partial charge on any atom is 0.191 e. The number of hydrogen-bond acceptors (Lipinski definition) is 4. The molecule has 0 aliphatic carbocycles. The van der Waals surface area contributed by atoms with Crippen molar-refractivity contribution in [3.63, 3.8) is 0 Å². The second kappa shape index (κ2) is 13.1. The molecule has 2 rings (SSSR count). The molecule has 0 saturated heterocycles. The van der Waals surface area contributed by atoms with Gasteiger partial charge in [-0.3, -0.25) is 0 Å². The topological polar surface area (TPSA) is 52.6 Å². The van der Waals surface area contributed by atoms with E-state index >= 15 is 0 Å². The number of rotatable bonds is 9. The first-order chi connectivity index (χ1) is 12.6. The number of nitrogens with one attached hydrogen (secondary N) is 2. The summed E-state index contributed by atoms with van der Waals surface area (Å²) in [6, 6.07) is 8.69. The molecule has 0 unspecified atom stereocenters. The highest BCUT2D eigenvalue weighted by molar-refractivity contribution is 14.0. The third-order valence-electron chi connectivity index (χ3n) is 4.05. The summed E-state index contributed by atoms with van der Waals surface area (Å²) in [7, 11) is 2.14. The monoisotopic (exact) mass is 501 g/mol. The van der Waals surface area contributed by atoms with Gasteiger partial charge >= 0.3 is 0 Å². The van der Waals surface area contributed by atoms with Gasteiger partial charge < -0.3 is 15.5 Å². The van der Waals surface area contributed by atoms with Crippen LogP contribution < -0.4 is 10.6 Å². The third-order valence-corrected chi connectivity index (χ3v) is 5.02. The van der Waals surface area contributed by atoms with Crippen LogP contribution in [0.1, 0.15) is 34.9 Å². The molecular formula is C20H32IN5S. The maximum atomic E-state index is 4.72. The number of benzene rings is 1. The predicted molar refractivity (Wildman–Crippen MR) is 127 cm³/mol. The molecule has 0 aliphatic rings. The Morgan fingerprint density at radius 2 is 2.00 bits per heavy atom. The second-order valence-electron chi connectivity index (χ2n) is 6.39. The van der Waals surface area contributed by atoms with Gasteiger partial charge in [-0.05, 0) is 38.6 Å². The molecular weight excluding hydrogens is 469 g/mol. The summed E-state index contributed by atoms with van der Waals surface area (Å²) in [6.07, 6.45) is 2.85. The predicted octanol–water partition coefficient (Wildman–Crippen LogP) is 3.82. The lowest BCUT2D eigenvalue weighted by atomic mass is 10.1. The first-order valence-electron chi connectivity index (χ1n) is 9.30. The van der Waals surface area contributed by atoms with Crippen LogP contribution in [0.3, 0.4) is 0 Å². The summed E-state index contributed by atoms with van der Waals surface area (Å²) in [6.45, 7) is 10.7. The van der Waals surface area contributed by atoms with Gasteiger partial charge in [-0.1, -0.05) is 31.2 Å². The van der Waals surface area contributed by atoms with Gasteiger partial charge in [0, 0.05) is 37.1 Å². The molecule has 0 saturated carbocycles. The molecule has 0 spiro atoms. The number of halogens is 1. The smallest absolute Gasteiger partial charge is 0.191 e. The van der Waals surface area contributed by atoms with Gasteiger partial charge in [0.1, 0.15) is 0 Å². The highest BCUT2D eigenvalue weighted by atomic mass is 127. The van der Waals surface area contributed by atoms with Crippen molar-refractivity contribution in [2.24, 2.45) is 4.99 Å². The van der Waals surface area contributed by atoms with Crippen LogP contribution in [0.15, 0.2) is 35.5 Å². The molecule has 27 heavy (non-hydrogen) atoms. The van der Waals surface area contributed by atoms with E-state index in [0.717, 1.165) is 38.6 Å². The largest absolute Gasteiger partial charge is 0.357 e. The average molecular weight is 501 g/mol. The second-order valence-corrected chi connectivity index (χ2v) is 7.71. The van der Waals surface area contributed by atoms with Gasteiger partial charge in [0.2, 0.25) is 0 Å². The number of guanidine groups is 1. The Bertz CT molecular complexity index is 701. The normalized spacial score (nSPS) is 11.4. The number of hydrogen-bond donors (Lipinski definition) is 2. The van der Waals surface area contributed by atoms with Crippen molar-refractivity contribution in [1.29, 1.82) is 0 Å². The van der Waals surface area contributed by atoms with Gasteiger partial charge in [0.15, 0.2) is 5.96 Å². The first-order valence-corrected chi connectivity index (χ1v) is 10.1. The zero-order valence-corrected chi connectivity index (χ0v) is 19.9. The van der Waals surface area contributed by atoms with Crippen LogP contribution in [0.4, 0.5) is 0 Å². The lowest BCUT2D eigenvalue weighted by molar-refractivity contribution is 0.345. The molecule has 0 fully saturated rings. The van der Waals surface area contributed by atoms with Crippen molar-refractivity contribution in [1.82, 2.24) is 20.5 Å². The van der Waals surface area contributed by atoms with E-state index in [1.807, 2.05) is 6.20 Å². The Labute approximate surface area is 184 Å². The van der Waals surface area contributed by atoms with E-state index < -0.39 is 0 Å². The van der Waals surface area contributed by atoms with E-state index in [2.05, 4.69) is 72.6 Å². The Kier molecular flexibility index (Phi) is 11.5. The van der Waals surface area contributed by atoms with Crippen molar-refractivity contribution < 1.29 is 0 Å². The van der Waals surface area contributed by atoms with Gasteiger partial charge in [0.25, 0.3) is 0 Å². The molecule has 0 radical (unpaired) electrons. The number of aliphatic imine (C=N–C) groups is 1. The average Bonchev–Trinajstić information content (AvgIpc) is 3.05. The Morgan fingerprint density at radius 1 is 1.22 bits per heavy atom. The summed E-state index contributed by atoms with van der Waals surface area (Å²) >= 11 is 1.76. The van der Waals surface area contributed by atoms with Crippen LogP contribution in [0.5, 0.6) is 0 Å². The van der Waals surface area contributed by atoms with Gasteiger partial charge in [0.05, 0.1) is 11.6 Å².